The number of benzene rings is 1. The fraction of sp³-hybridized carbons (Fsp3) is 0.480. The summed E-state index contributed by atoms with van der Waals surface area (Å²) in [5.74, 6) is 0.0261. The summed E-state index contributed by atoms with van der Waals surface area (Å²) >= 11 is 0. The van der Waals surface area contributed by atoms with E-state index in [0.29, 0.717) is 27.9 Å². The third-order valence-corrected chi connectivity index (χ3v) is 7.52. The molecule has 2 N–H and O–H groups in total. The van der Waals surface area contributed by atoms with Crippen LogP contribution in [0.15, 0.2) is 36.7 Å². The lowest BCUT2D eigenvalue weighted by Gasteiger charge is -2.45. The topological polar surface area (TPSA) is 77.9 Å². The van der Waals surface area contributed by atoms with E-state index < -0.39 is 12.5 Å². The predicted octanol–water partition coefficient (Wildman–Crippen LogP) is 5.51. The molecule has 2 heterocycles. The van der Waals surface area contributed by atoms with E-state index in [0.717, 1.165) is 12.8 Å². The van der Waals surface area contributed by atoms with Gasteiger partial charge in [-0.15, -0.1) is 10.2 Å². The van der Waals surface area contributed by atoms with Crippen molar-refractivity contribution in [1.82, 2.24) is 20.4 Å². The van der Waals surface area contributed by atoms with E-state index in [4.69, 9.17) is 0 Å². The number of anilines is 1. The normalized spacial score (nSPS) is 26.5. The van der Waals surface area contributed by atoms with Crippen LogP contribution < -0.4 is 4.90 Å². The number of H-pyrrole nitrogens is 1. The Hall–Kier alpha value is -3.03. The molecule has 2 saturated carbocycles. The zero-order chi connectivity index (χ0) is 23.2. The Morgan fingerprint density at radius 1 is 1.12 bits per heavy atom. The molecule has 174 valence electrons. The molecule has 2 aliphatic rings. The second-order valence-corrected chi connectivity index (χ2v) is 10.4. The first-order chi connectivity index (χ1) is 15.8. The van der Waals surface area contributed by atoms with Crippen molar-refractivity contribution in [2.75, 3.05) is 18.1 Å². The van der Waals surface area contributed by atoms with Crippen molar-refractivity contribution in [2.24, 2.45) is 10.8 Å². The van der Waals surface area contributed by atoms with Crippen LogP contribution in [0.3, 0.4) is 0 Å². The van der Waals surface area contributed by atoms with Crippen LogP contribution in [-0.4, -0.2) is 44.8 Å². The van der Waals surface area contributed by atoms with Gasteiger partial charge in [-0.2, -0.15) is 5.10 Å². The van der Waals surface area contributed by atoms with Gasteiger partial charge in [-0.25, -0.2) is 8.78 Å². The molecule has 1 unspecified atom stereocenters. The van der Waals surface area contributed by atoms with Gasteiger partial charge in [-0.1, -0.05) is 13.8 Å². The highest BCUT2D eigenvalue weighted by Gasteiger charge is 2.50. The number of aromatic hydroxyl groups is 1. The number of phenols is 1. The third-order valence-electron chi connectivity index (χ3n) is 7.52. The van der Waals surface area contributed by atoms with Crippen LogP contribution in [0.25, 0.3) is 22.4 Å². The minimum Gasteiger partial charge on any atom is -0.507 e. The number of halogens is 2. The smallest absolute Gasteiger partial charge is 0.151 e. The minimum atomic E-state index is -0.492. The molecule has 33 heavy (non-hydrogen) atoms. The van der Waals surface area contributed by atoms with Gasteiger partial charge in [0.05, 0.1) is 11.9 Å². The van der Waals surface area contributed by atoms with Gasteiger partial charge in [-0.3, -0.25) is 5.10 Å². The SMILES string of the molecule is C[C@]12CC[C@](C)(CC(N(CCF)c3ccc(-c4cc(F)c(-c5cn[nH]c5)cc4O)nn3)C1)C2. The third kappa shape index (κ3) is 4.07. The van der Waals surface area contributed by atoms with Crippen LogP contribution in [0.2, 0.25) is 0 Å². The molecule has 2 fully saturated rings. The number of rotatable bonds is 6. The van der Waals surface area contributed by atoms with Crippen molar-refractivity contribution in [3.63, 3.8) is 0 Å². The largest absolute Gasteiger partial charge is 0.507 e. The lowest BCUT2D eigenvalue weighted by atomic mass is 9.68. The van der Waals surface area contributed by atoms with Gasteiger partial charge in [0, 0.05) is 35.5 Å². The summed E-state index contributed by atoms with van der Waals surface area (Å²) in [6.07, 6.45) is 8.75. The maximum Gasteiger partial charge on any atom is 0.151 e. The number of fused-ring (bicyclic) bond motifs is 2. The van der Waals surface area contributed by atoms with Gasteiger partial charge in [-0.05, 0) is 67.2 Å². The predicted molar refractivity (Wildman–Crippen MR) is 123 cm³/mol. The van der Waals surface area contributed by atoms with Crippen molar-refractivity contribution in [3.8, 4) is 28.1 Å². The summed E-state index contributed by atoms with van der Waals surface area (Å²) in [4.78, 5) is 2.04. The quantitative estimate of drug-likeness (QED) is 0.514. The van der Waals surface area contributed by atoms with Gasteiger partial charge in [0.25, 0.3) is 0 Å². The second kappa shape index (κ2) is 8.08. The van der Waals surface area contributed by atoms with Crippen molar-refractivity contribution in [3.05, 3.63) is 42.5 Å². The molecule has 2 aromatic heterocycles. The van der Waals surface area contributed by atoms with Gasteiger partial charge < -0.3 is 10.0 Å². The van der Waals surface area contributed by atoms with E-state index in [2.05, 4.69) is 34.2 Å². The second-order valence-electron chi connectivity index (χ2n) is 10.4. The highest BCUT2D eigenvalue weighted by molar-refractivity contribution is 5.74. The Morgan fingerprint density at radius 2 is 1.88 bits per heavy atom. The Labute approximate surface area is 192 Å². The number of nitrogens with zero attached hydrogens (tertiary/aromatic N) is 4. The standard InChI is InChI=1S/C25H29F2N5O/c1-24-5-6-25(2,15-24)12-17(11-24)32(8-7-26)23-4-3-21(30-31-23)19-9-20(27)18(10-22(19)33)16-13-28-29-14-16/h3-4,9-10,13-14,17,33H,5-8,11-12,15H2,1-2H3,(H,28,29)/t17?,24-,25+. The molecule has 0 amide bonds. The van der Waals surface area contributed by atoms with Crippen molar-refractivity contribution >= 4 is 5.82 Å². The maximum atomic E-state index is 14.7. The Balaban J connectivity index is 1.42. The number of aromatic amines is 1. The number of alkyl halides is 1. The van der Waals surface area contributed by atoms with Crippen LogP contribution in [-0.2, 0) is 0 Å². The first-order valence-corrected chi connectivity index (χ1v) is 11.5. The van der Waals surface area contributed by atoms with Crippen LogP contribution in [0.1, 0.15) is 46.0 Å². The first kappa shape index (κ1) is 21.8. The molecule has 1 aromatic carbocycles. The maximum absolute atomic E-state index is 14.7. The molecule has 0 radical (unpaired) electrons. The molecule has 8 heteroatoms. The first-order valence-electron chi connectivity index (χ1n) is 11.5. The number of aromatic nitrogens is 4. The zero-order valence-corrected chi connectivity index (χ0v) is 19.0. The molecular weight excluding hydrogens is 424 g/mol. The van der Waals surface area contributed by atoms with Crippen molar-refractivity contribution in [2.45, 2.75) is 52.0 Å². The summed E-state index contributed by atoms with van der Waals surface area (Å²) in [5, 5.41) is 25.6. The Morgan fingerprint density at radius 3 is 2.48 bits per heavy atom. The summed E-state index contributed by atoms with van der Waals surface area (Å²) < 4.78 is 28.2. The van der Waals surface area contributed by atoms with E-state index in [1.165, 1.54) is 37.6 Å². The fourth-order valence-corrected chi connectivity index (χ4v) is 6.17. The van der Waals surface area contributed by atoms with E-state index in [-0.39, 0.29) is 29.5 Å². The molecule has 6 nitrogen and oxygen atoms in total. The molecule has 0 aliphatic heterocycles. The van der Waals surface area contributed by atoms with Crippen LogP contribution >= 0.6 is 0 Å². The average Bonchev–Trinajstić information content (AvgIpc) is 3.39. The summed E-state index contributed by atoms with van der Waals surface area (Å²) in [7, 11) is 0. The van der Waals surface area contributed by atoms with E-state index >= 15 is 0 Å². The lowest BCUT2D eigenvalue weighted by Crippen LogP contribution is -2.45. The van der Waals surface area contributed by atoms with Crippen LogP contribution in [0.5, 0.6) is 5.75 Å². The zero-order valence-electron chi connectivity index (χ0n) is 19.0. The monoisotopic (exact) mass is 453 g/mol. The van der Waals surface area contributed by atoms with Crippen molar-refractivity contribution < 1.29 is 13.9 Å². The van der Waals surface area contributed by atoms with Crippen LogP contribution in [0, 0.1) is 16.6 Å². The summed E-state index contributed by atoms with van der Waals surface area (Å²) in [5.41, 5.74) is 1.99. The molecule has 3 aromatic rings. The average molecular weight is 454 g/mol. The van der Waals surface area contributed by atoms with Crippen molar-refractivity contribution in [1.29, 1.82) is 0 Å². The molecule has 0 saturated heterocycles. The Kier molecular flexibility index (Phi) is 5.34. The summed E-state index contributed by atoms with van der Waals surface area (Å²) in [6, 6.07) is 6.33. The number of hydrogen-bond acceptors (Lipinski definition) is 5. The van der Waals surface area contributed by atoms with Gasteiger partial charge in [0.15, 0.2) is 5.82 Å². The molecule has 3 atom stereocenters. The fourth-order valence-electron chi connectivity index (χ4n) is 6.17. The minimum absolute atomic E-state index is 0.0973. The highest BCUT2D eigenvalue weighted by atomic mass is 19.1. The van der Waals surface area contributed by atoms with Gasteiger partial charge >= 0.3 is 0 Å². The molecule has 2 bridgehead atoms. The van der Waals surface area contributed by atoms with E-state index in [1.807, 2.05) is 4.90 Å². The van der Waals surface area contributed by atoms with Gasteiger partial charge in [0.2, 0.25) is 0 Å². The lowest BCUT2D eigenvalue weighted by molar-refractivity contribution is 0.144. The molecular formula is C25H29F2N5O. The number of hydrogen-bond donors (Lipinski definition) is 2. The number of nitrogens with one attached hydrogen (secondary N) is 1. The Bertz CT molecular complexity index is 1120. The van der Waals surface area contributed by atoms with Crippen LogP contribution in [0.4, 0.5) is 14.6 Å². The molecule has 0 spiro atoms. The highest BCUT2D eigenvalue weighted by Crippen LogP contribution is 2.59. The van der Waals surface area contributed by atoms with E-state index in [9.17, 15) is 13.9 Å². The summed E-state index contributed by atoms with van der Waals surface area (Å²) in [6.45, 7) is 4.49. The van der Waals surface area contributed by atoms with E-state index in [1.54, 1.807) is 18.3 Å². The number of phenolic OH excluding ortho intramolecular Hbond substituents is 1. The molecule has 2 aliphatic carbocycles. The van der Waals surface area contributed by atoms with Gasteiger partial charge in [0.1, 0.15) is 18.2 Å². The molecule has 5 rings (SSSR count).